The molecule has 0 bridgehead atoms. The maximum atomic E-state index is 13.3. The molecule has 6 aromatic rings. The van der Waals surface area contributed by atoms with Gasteiger partial charge in [-0.1, -0.05) is 76.9 Å². The Kier molecular flexibility index (Phi) is 18.7. The van der Waals surface area contributed by atoms with Crippen molar-refractivity contribution in [3.8, 4) is 22.3 Å². The molecule has 62 heavy (non-hydrogen) atoms. The fourth-order valence-electron chi connectivity index (χ4n) is 6.93. The SMILES string of the molecule is CCc1cc2c(-c3cc(C(F)(F)F)cc(C(F)(F)F)c3)c(C(C)C)ccc2[cH-]1.CCc1cc2c(-c3cc(C(F)(F)F)cc(C(F)(F)F)c3)c(C(C)C)ccc2[cH-]1.C[Si]C.[Cl][Zr+2][Cl]. The van der Waals surface area contributed by atoms with Crippen LogP contribution in [0.5, 0.6) is 0 Å². The van der Waals surface area contributed by atoms with Gasteiger partial charge in [0.25, 0.3) is 0 Å². The molecule has 0 aliphatic rings. The van der Waals surface area contributed by atoms with Crippen LogP contribution in [0.2, 0.25) is 13.1 Å². The molecule has 0 atom stereocenters. The molecule has 0 saturated heterocycles. The molecule has 0 fully saturated rings. The van der Waals surface area contributed by atoms with Crippen LogP contribution in [-0.4, -0.2) is 9.52 Å². The second kappa shape index (κ2) is 21.7. The number of halogens is 14. The summed E-state index contributed by atoms with van der Waals surface area (Å²) in [4.78, 5) is 0. The third-order valence-electron chi connectivity index (χ3n) is 9.78. The van der Waals surface area contributed by atoms with Crippen molar-refractivity contribution in [3.05, 3.63) is 129 Å². The molecule has 16 heteroatoms. The summed E-state index contributed by atoms with van der Waals surface area (Å²) in [6.07, 6.45) is -18.0. The van der Waals surface area contributed by atoms with E-state index in [1.54, 1.807) is 12.1 Å². The van der Waals surface area contributed by atoms with Crippen LogP contribution in [0.3, 0.4) is 0 Å². The number of rotatable bonds is 6. The van der Waals surface area contributed by atoms with Crippen molar-refractivity contribution in [2.24, 2.45) is 0 Å². The molecular formula is C46H44Cl2F12SiZr. The first-order valence-corrected chi connectivity index (χ1v) is 27.6. The van der Waals surface area contributed by atoms with E-state index < -0.39 is 67.8 Å². The van der Waals surface area contributed by atoms with E-state index in [0.717, 1.165) is 68.5 Å². The van der Waals surface area contributed by atoms with Crippen molar-refractivity contribution in [2.75, 3.05) is 0 Å². The molecule has 0 nitrogen and oxygen atoms in total. The summed E-state index contributed by atoms with van der Waals surface area (Å²) in [5.74, 6) is -0.133. The Morgan fingerprint density at radius 3 is 0.968 bits per heavy atom. The Morgan fingerprint density at radius 2 is 0.758 bits per heavy atom. The van der Waals surface area contributed by atoms with Gasteiger partial charge in [0.15, 0.2) is 0 Å². The van der Waals surface area contributed by atoms with Crippen LogP contribution in [0.1, 0.15) is 97.9 Å². The second-order valence-corrected chi connectivity index (χ2v) is 19.7. The zero-order valence-electron chi connectivity index (χ0n) is 34.9. The molecule has 0 N–H and O–H groups in total. The van der Waals surface area contributed by atoms with E-state index >= 15 is 0 Å². The topological polar surface area (TPSA) is 0 Å². The molecule has 0 amide bonds. The van der Waals surface area contributed by atoms with Crippen molar-refractivity contribution in [1.29, 1.82) is 0 Å². The van der Waals surface area contributed by atoms with Crippen molar-refractivity contribution in [1.82, 2.24) is 0 Å². The molecule has 0 unspecified atom stereocenters. The number of alkyl halides is 12. The van der Waals surface area contributed by atoms with Crippen molar-refractivity contribution < 1.29 is 73.5 Å². The van der Waals surface area contributed by atoms with E-state index in [4.69, 9.17) is 17.0 Å². The van der Waals surface area contributed by atoms with E-state index in [1.807, 2.05) is 77.9 Å². The van der Waals surface area contributed by atoms with E-state index in [9.17, 15) is 52.7 Å². The van der Waals surface area contributed by atoms with Gasteiger partial charge < -0.3 is 0 Å². The summed E-state index contributed by atoms with van der Waals surface area (Å²) in [5, 5.41) is 2.97. The van der Waals surface area contributed by atoms with E-state index in [2.05, 4.69) is 13.1 Å². The Bertz CT molecular complexity index is 2170. The van der Waals surface area contributed by atoms with Crippen LogP contribution < -0.4 is 0 Å². The number of hydrogen-bond acceptors (Lipinski definition) is 0. The van der Waals surface area contributed by atoms with Crippen LogP contribution in [0, 0.1) is 0 Å². The Balaban J connectivity index is 0.000000293. The van der Waals surface area contributed by atoms with Crippen LogP contribution in [-0.2, 0) is 58.4 Å². The molecule has 6 aromatic carbocycles. The van der Waals surface area contributed by atoms with E-state index in [-0.39, 0.29) is 35.1 Å². The quantitative estimate of drug-likeness (QED) is 0.0886. The number of aryl methyl sites for hydroxylation is 2. The first-order chi connectivity index (χ1) is 28.7. The average Bonchev–Trinajstić information content (AvgIpc) is 3.80. The molecule has 334 valence electrons. The van der Waals surface area contributed by atoms with Gasteiger partial charge in [-0.3, -0.25) is 0 Å². The van der Waals surface area contributed by atoms with Crippen molar-refractivity contribution in [3.63, 3.8) is 0 Å². The van der Waals surface area contributed by atoms with Gasteiger partial charge in [0, 0.05) is 9.52 Å². The van der Waals surface area contributed by atoms with E-state index in [1.165, 1.54) is 0 Å². The summed E-state index contributed by atoms with van der Waals surface area (Å²) in [7, 11) is 11.0. The van der Waals surface area contributed by atoms with Gasteiger partial charge in [0.2, 0.25) is 0 Å². The first kappa shape index (κ1) is 53.3. The third-order valence-corrected chi connectivity index (χ3v) is 9.78. The number of hydrogen-bond donors (Lipinski definition) is 0. The van der Waals surface area contributed by atoms with Crippen molar-refractivity contribution in [2.45, 2.75) is 104 Å². The third kappa shape index (κ3) is 13.5. The van der Waals surface area contributed by atoms with Gasteiger partial charge in [-0.15, -0.1) is 69.1 Å². The Morgan fingerprint density at radius 1 is 0.500 bits per heavy atom. The minimum atomic E-state index is -4.87. The van der Waals surface area contributed by atoms with Crippen LogP contribution in [0.25, 0.3) is 43.8 Å². The predicted octanol–water partition coefficient (Wildman–Crippen LogP) is 18.1. The number of benzene rings is 4. The molecule has 0 aliphatic carbocycles. The Labute approximate surface area is 375 Å². The van der Waals surface area contributed by atoms with Crippen LogP contribution >= 0.6 is 17.0 Å². The average molecular weight is 1020 g/mol. The number of fused-ring (bicyclic) bond motifs is 2. The van der Waals surface area contributed by atoms with Crippen molar-refractivity contribution >= 4 is 48.1 Å². The predicted molar refractivity (Wildman–Crippen MR) is 226 cm³/mol. The molecule has 0 saturated carbocycles. The normalized spacial score (nSPS) is 12.1. The molecule has 0 aliphatic heterocycles. The molecule has 0 aromatic heterocycles. The summed E-state index contributed by atoms with van der Waals surface area (Å²) >= 11 is -0.826. The fourth-order valence-corrected chi connectivity index (χ4v) is 6.93. The summed E-state index contributed by atoms with van der Waals surface area (Å²) in [5.41, 5.74) is -1.06. The minimum absolute atomic E-state index is 0.0651. The monoisotopic (exact) mass is 1010 g/mol. The Hall–Kier alpha value is -3.06. The summed E-state index contributed by atoms with van der Waals surface area (Å²) in [6, 6.07) is 18.4. The van der Waals surface area contributed by atoms with Gasteiger partial charge in [-0.2, -0.15) is 64.8 Å². The molecule has 0 heterocycles. The van der Waals surface area contributed by atoms with Gasteiger partial charge in [0.1, 0.15) is 0 Å². The van der Waals surface area contributed by atoms with Gasteiger partial charge in [0.05, 0.1) is 22.3 Å². The molecule has 0 spiro atoms. The fraction of sp³-hybridized carbons (Fsp3) is 0.348. The zero-order chi connectivity index (χ0) is 47.1. The zero-order valence-corrected chi connectivity index (χ0v) is 39.9. The van der Waals surface area contributed by atoms with Crippen LogP contribution in [0.4, 0.5) is 52.7 Å². The second-order valence-electron chi connectivity index (χ2n) is 15.0. The maximum absolute atomic E-state index is 13.3. The molecule has 6 rings (SSSR count). The van der Waals surface area contributed by atoms with Gasteiger partial charge in [-0.05, 0) is 72.2 Å². The first-order valence-electron chi connectivity index (χ1n) is 19.2. The molecular weight excluding hydrogens is 971 g/mol. The standard InChI is InChI=1S/2C22H19F6.C2H6Si.2ClH.Zr/c2*1-4-13-7-14-5-6-18(12(2)3)20(19(14)8-13)15-9-16(21(23,24)25)11-17(10-15)22(26,27)28;1-3-2;;;/h2*5-12H,4H2,1-3H3;1-2H3;2*1H;/q2*-1;;;;+4/p-2. The summed E-state index contributed by atoms with van der Waals surface area (Å²) in [6.45, 7) is 15.7. The van der Waals surface area contributed by atoms with Gasteiger partial charge >= 0.3 is 62.6 Å². The van der Waals surface area contributed by atoms with Gasteiger partial charge in [-0.25, -0.2) is 0 Å². The van der Waals surface area contributed by atoms with Crippen LogP contribution in [0.15, 0.2) is 84.9 Å². The molecule has 2 radical (unpaired) electrons. The van der Waals surface area contributed by atoms with E-state index in [0.29, 0.717) is 33.0 Å². The summed E-state index contributed by atoms with van der Waals surface area (Å²) < 4.78 is 160.